The molecule has 0 aliphatic carbocycles. The Bertz CT molecular complexity index is 399. The van der Waals surface area contributed by atoms with Crippen LogP contribution in [0.1, 0.15) is 226 Å². The fraction of sp³-hybridized carbons (Fsp3) is 1.00. The van der Waals surface area contributed by atoms with Crippen LogP contribution < -0.4 is 5.32 Å². The number of unbranched alkanes of at least 4 members (excludes halogenated alkanes) is 29. The van der Waals surface area contributed by atoms with Crippen LogP contribution in [0.2, 0.25) is 0 Å². The molecule has 0 aliphatic rings. The first kappa shape index (κ1) is 42.6. The SMILES string of the molecule is CCCCCCCCCCCCCCCCCCC(Br)CCCCCCCCCCCCCCCCC.CNC. The van der Waals surface area contributed by atoms with E-state index in [-0.39, 0.29) is 0 Å². The Balaban J connectivity index is 0. The third-order valence-electron chi connectivity index (χ3n) is 8.49. The van der Waals surface area contributed by atoms with Gasteiger partial charge in [0.1, 0.15) is 0 Å². The van der Waals surface area contributed by atoms with E-state index in [1.807, 2.05) is 14.1 Å². The zero-order valence-corrected chi connectivity index (χ0v) is 30.4. The van der Waals surface area contributed by atoms with Gasteiger partial charge >= 0.3 is 0 Å². The Hall–Kier alpha value is 0.440. The van der Waals surface area contributed by atoms with Gasteiger partial charge in [-0.25, -0.2) is 0 Å². The summed E-state index contributed by atoms with van der Waals surface area (Å²) in [7, 11) is 3.75. The minimum Gasteiger partial charge on any atom is -0.323 e. The molecule has 0 aromatic heterocycles. The van der Waals surface area contributed by atoms with E-state index < -0.39 is 0 Å². The zero-order chi connectivity index (χ0) is 29.6. The molecule has 0 spiro atoms. The lowest BCUT2D eigenvalue weighted by atomic mass is 10.0. The van der Waals surface area contributed by atoms with Crippen molar-refractivity contribution in [1.29, 1.82) is 0 Å². The van der Waals surface area contributed by atoms with E-state index in [9.17, 15) is 0 Å². The number of alkyl halides is 1. The Kier molecular flexibility index (Phi) is 44.2. The van der Waals surface area contributed by atoms with Crippen LogP contribution in [0.25, 0.3) is 0 Å². The highest BCUT2D eigenvalue weighted by Gasteiger charge is 2.04. The quantitative estimate of drug-likeness (QED) is 0.0562. The summed E-state index contributed by atoms with van der Waals surface area (Å²) < 4.78 is 0. The van der Waals surface area contributed by atoms with E-state index >= 15 is 0 Å². The van der Waals surface area contributed by atoms with Gasteiger partial charge in [-0.3, -0.25) is 0 Å². The van der Waals surface area contributed by atoms with E-state index in [0.29, 0.717) is 0 Å². The van der Waals surface area contributed by atoms with Crippen molar-refractivity contribution < 1.29 is 0 Å². The average molecular weight is 631 g/mol. The van der Waals surface area contributed by atoms with Crippen LogP contribution in [0.4, 0.5) is 0 Å². The van der Waals surface area contributed by atoms with Crippen LogP contribution in [0, 0.1) is 0 Å². The van der Waals surface area contributed by atoms with Gasteiger partial charge in [-0.2, -0.15) is 0 Å². The van der Waals surface area contributed by atoms with Gasteiger partial charge in [-0.15, -0.1) is 0 Å². The Morgan fingerprint density at radius 3 is 0.650 bits per heavy atom. The molecule has 0 aromatic rings. The van der Waals surface area contributed by atoms with Crippen LogP contribution in [0.3, 0.4) is 0 Å². The second-order valence-electron chi connectivity index (χ2n) is 12.9. The summed E-state index contributed by atoms with van der Waals surface area (Å²) in [6, 6.07) is 0. The smallest absolute Gasteiger partial charge is 0.0145 e. The molecule has 0 fully saturated rings. The van der Waals surface area contributed by atoms with E-state index in [4.69, 9.17) is 0 Å². The standard InChI is InChI=1S/C36H73Br.C2H7N/c1-3-5-7-9-11-13-15-17-19-21-23-25-27-29-31-33-35-36(37)34-32-30-28-26-24-22-20-18-16-14-12-10-8-6-4-2;1-3-2/h36H,3-35H2,1-2H3;3H,1-2H3. The van der Waals surface area contributed by atoms with E-state index in [2.05, 4.69) is 35.1 Å². The first-order chi connectivity index (χ1) is 19.7. The molecule has 2 heteroatoms. The number of hydrogen-bond donors (Lipinski definition) is 1. The number of hydrogen-bond acceptors (Lipinski definition) is 1. The summed E-state index contributed by atoms with van der Waals surface area (Å²) in [5.41, 5.74) is 0. The Morgan fingerprint density at radius 2 is 0.475 bits per heavy atom. The predicted molar refractivity (Wildman–Crippen MR) is 191 cm³/mol. The largest absolute Gasteiger partial charge is 0.323 e. The monoisotopic (exact) mass is 630 g/mol. The predicted octanol–water partition coefficient (Wildman–Crippen LogP) is 14.5. The summed E-state index contributed by atoms with van der Waals surface area (Å²) >= 11 is 3.96. The Labute approximate surface area is 265 Å². The molecule has 1 nitrogen and oxygen atoms in total. The van der Waals surface area contributed by atoms with Crippen molar-refractivity contribution in [2.24, 2.45) is 0 Å². The van der Waals surface area contributed by atoms with Gasteiger partial charge in [0.05, 0.1) is 0 Å². The first-order valence-electron chi connectivity index (χ1n) is 18.9. The fourth-order valence-corrected chi connectivity index (χ4v) is 6.44. The molecule has 0 rings (SSSR count). The summed E-state index contributed by atoms with van der Waals surface area (Å²) in [5.74, 6) is 0. The molecule has 40 heavy (non-hydrogen) atoms. The maximum atomic E-state index is 3.96. The van der Waals surface area contributed by atoms with Crippen LogP contribution in [0.15, 0.2) is 0 Å². The van der Waals surface area contributed by atoms with Crippen LogP contribution >= 0.6 is 15.9 Å². The highest BCUT2D eigenvalue weighted by molar-refractivity contribution is 9.09. The molecule has 0 aromatic carbocycles. The molecule has 0 amide bonds. The second-order valence-corrected chi connectivity index (χ2v) is 14.2. The molecule has 0 radical (unpaired) electrons. The van der Waals surface area contributed by atoms with Crippen molar-refractivity contribution in [2.45, 2.75) is 231 Å². The maximum absolute atomic E-state index is 3.96. The highest BCUT2D eigenvalue weighted by Crippen LogP contribution is 2.20. The minimum atomic E-state index is 0.779. The van der Waals surface area contributed by atoms with Crippen molar-refractivity contribution in [3.8, 4) is 0 Å². The third kappa shape index (κ3) is 42.9. The van der Waals surface area contributed by atoms with Crippen LogP contribution in [-0.4, -0.2) is 18.9 Å². The lowest BCUT2D eigenvalue weighted by Crippen LogP contribution is -1.98. The number of halogens is 1. The second kappa shape index (κ2) is 41.6. The molecule has 244 valence electrons. The third-order valence-corrected chi connectivity index (χ3v) is 9.41. The maximum Gasteiger partial charge on any atom is 0.0145 e. The van der Waals surface area contributed by atoms with Crippen molar-refractivity contribution in [2.75, 3.05) is 14.1 Å². The minimum absolute atomic E-state index is 0.779. The van der Waals surface area contributed by atoms with Crippen molar-refractivity contribution in [1.82, 2.24) is 5.32 Å². The average Bonchev–Trinajstić information content (AvgIpc) is 2.95. The molecule has 1 atom stereocenters. The molecule has 0 heterocycles. The molecule has 0 aliphatic heterocycles. The van der Waals surface area contributed by atoms with E-state index in [1.165, 1.54) is 212 Å². The normalized spacial score (nSPS) is 11.9. The molecule has 1 unspecified atom stereocenters. The van der Waals surface area contributed by atoms with Crippen LogP contribution in [0.5, 0.6) is 0 Å². The van der Waals surface area contributed by atoms with Gasteiger partial charge in [-0.1, -0.05) is 229 Å². The van der Waals surface area contributed by atoms with Gasteiger partial charge in [0.15, 0.2) is 0 Å². The van der Waals surface area contributed by atoms with E-state index in [1.54, 1.807) is 0 Å². The Morgan fingerprint density at radius 1 is 0.325 bits per heavy atom. The highest BCUT2D eigenvalue weighted by atomic mass is 79.9. The summed E-state index contributed by atoms with van der Waals surface area (Å²) in [6.45, 7) is 4.61. The lowest BCUT2D eigenvalue weighted by molar-refractivity contribution is 0.516. The topological polar surface area (TPSA) is 12.0 Å². The summed E-state index contributed by atoms with van der Waals surface area (Å²) in [6.07, 6.45) is 48.2. The lowest BCUT2D eigenvalue weighted by Gasteiger charge is -2.09. The molecular formula is C38H80BrN. The molecule has 0 saturated heterocycles. The van der Waals surface area contributed by atoms with Crippen LogP contribution in [-0.2, 0) is 0 Å². The summed E-state index contributed by atoms with van der Waals surface area (Å²) in [4.78, 5) is 0.779. The van der Waals surface area contributed by atoms with Crippen molar-refractivity contribution in [3.63, 3.8) is 0 Å². The molecule has 0 saturated carbocycles. The van der Waals surface area contributed by atoms with Crippen molar-refractivity contribution >= 4 is 15.9 Å². The van der Waals surface area contributed by atoms with E-state index in [0.717, 1.165) is 4.83 Å². The zero-order valence-electron chi connectivity index (χ0n) is 28.8. The van der Waals surface area contributed by atoms with Crippen molar-refractivity contribution in [3.05, 3.63) is 0 Å². The first-order valence-corrected chi connectivity index (χ1v) is 19.9. The fourth-order valence-electron chi connectivity index (χ4n) is 5.80. The summed E-state index contributed by atoms with van der Waals surface area (Å²) in [5, 5.41) is 2.75. The van der Waals surface area contributed by atoms with Gasteiger partial charge in [0.2, 0.25) is 0 Å². The molecule has 1 N–H and O–H groups in total. The van der Waals surface area contributed by atoms with Gasteiger partial charge < -0.3 is 5.32 Å². The molecule has 0 bridgehead atoms. The van der Waals surface area contributed by atoms with Gasteiger partial charge in [0.25, 0.3) is 0 Å². The molecular weight excluding hydrogens is 550 g/mol. The number of rotatable bonds is 33. The van der Waals surface area contributed by atoms with Gasteiger partial charge in [0, 0.05) is 4.83 Å². The number of nitrogens with one attached hydrogen (secondary N) is 1. The van der Waals surface area contributed by atoms with Gasteiger partial charge in [-0.05, 0) is 26.9 Å².